The van der Waals surface area contributed by atoms with Gasteiger partial charge in [-0.05, 0) is 25.7 Å². The number of aliphatic carboxylic acids is 1. The molecule has 0 radical (unpaired) electrons. The first-order chi connectivity index (χ1) is 12.0. The van der Waals surface area contributed by atoms with Crippen LogP contribution >= 0.6 is 0 Å². The van der Waals surface area contributed by atoms with Gasteiger partial charge in [0.15, 0.2) is 0 Å². The molecule has 0 aliphatic heterocycles. The van der Waals surface area contributed by atoms with E-state index in [1.807, 2.05) is 6.92 Å². The number of carbonyl (C=O) groups is 1. The number of hydrogen-bond acceptors (Lipinski definition) is 1. The lowest BCUT2D eigenvalue weighted by Gasteiger charge is -2.29. The number of unbranched alkanes of at least 4 members (excludes halogenated alkanes) is 11. The minimum absolute atomic E-state index is 0.184. The van der Waals surface area contributed by atoms with E-state index >= 15 is 4.39 Å². The molecule has 3 heteroatoms. The molecular weight excluding hydrogens is 315 g/mol. The molecule has 0 aliphatic carbocycles. The molecule has 0 aromatic rings. The highest BCUT2D eigenvalue weighted by Gasteiger charge is 2.44. The van der Waals surface area contributed by atoms with Crippen molar-refractivity contribution in [3.63, 3.8) is 0 Å². The van der Waals surface area contributed by atoms with E-state index in [9.17, 15) is 9.90 Å². The van der Waals surface area contributed by atoms with Crippen LogP contribution in [0.25, 0.3) is 0 Å². The summed E-state index contributed by atoms with van der Waals surface area (Å²) in [5.41, 5.74) is -2.03. The van der Waals surface area contributed by atoms with Gasteiger partial charge in [-0.1, -0.05) is 97.8 Å². The van der Waals surface area contributed by atoms with Gasteiger partial charge in [-0.2, -0.15) is 0 Å². The van der Waals surface area contributed by atoms with E-state index < -0.39 is 11.6 Å². The molecule has 2 atom stereocenters. The maximum atomic E-state index is 15.2. The minimum atomic E-state index is -2.03. The molecule has 150 valence electrons. The fourth-order valence-corrected chi connectivity index (χ4v) is 3.75. The fourth-order valence-electron chi connectivity index (χ4n) is 3.75. The molecule has 1 N–H and O–H groups in total. The van der Waals surface area contributed by atoms with Crippen molar-refractivity contribution in [3.8, 4) is 0 Å². The van der Waals surface area contributed by atoms with Gasteiger partial charge < -0.3 is 5.11 Å². The van der Waals surface area contributed by atoms with E-state index in [2.05, 4.69) is 13.8 Å². The van der Waals surface area contributed by atoms with Crippen molar-refractivity contribution >= 4 is 5.97 Å². The van der Waals surface area contributed by atoms with Crippen molar-refractivity contribution in [1.29, 1.82) is 0 Å². The molecule has 0 aromatic heterocycles. The Morgan fingerprint density at radius 3 is 1.68 bits per heavy atom. The summed E-state index contributed by atoms with van der Waals surface area (Å²) in [5.74, 6) is -1.58. The smallest absolute Gasteiger partial charge is 0.341 e. The van der Waals surface area contributed by atoms with Crippen LogP contribution in [0.2, 0.25) is 0 Å². The Labute approximate surface area is 156 Å². The van der Waals surface area contributed by atoms with E-state index in [0.717, 1.165) is 32.1 Å². The van der Waals surface area contributed by atoms with Crippen molar-refractivity contribution in [1.82, 2.24) is 0 Å². The first-order valence-corrected chi connectivity index (χ1v) is 10.9. The van der Waals surface area contributed by atoms with Gasteiger partial charge in [-0.3, -0.25) is 0 Å². The van der Waals surface area contributed by atoms with E-state index in [1.54, 1.807) is 0 Å². The highest BCUT2D eigenvalue weighted by Crippen LogP contribution is 2.35. The molecule has 0 amide bonds. The number of rotatable bonds is 18. The topological polar surface area (TPSA) is 37.3 Å². The van der Waals surface area contributed by atoms with Gasteiger partial charge in [0.25, 0.3) is 0 Å². The van der Waals surface area contributed by atoms with E-state index in [-0.39, 0.29) is 12.3 Å². The van der Waals surface area contributed by atoms with Crippen LogP contribution in [0.5, 0.6) is 0 Å². The van der Waals surface area contributed by atoms with Crippen LogP contribution in [0, 0.1) is 5.92 Å². The number of carboxylic acid groups (broad SMARTS) is 1. The maximum Gasteiger partial charge on any atom is 0.341 e. The normalized spacial score (nSPS) is 15.0. The van der Waals surface area contributed by atoms with Crippen LogP contribution in [0.1, 0.15) is 124 Å². The molecular formula is C22H43FO2. The monoisotopic (exact) mass is 358 g/mol. The van der Waals surface area contributed by atoms with Crippen LogP contribution in [0.3, 0.4) is 0 Å². The Morgan fingerprint density at radius 2 is 1.24 bits per heavy atom. The molecule has 0 aromatic carbocycles. The largest absolute Gasteiger partial charge is 0.479 e. The van der Waals surface area contributed by atoms with Crippen molar-refractivity contribution < 1.29 is 14.3 Å². The quantitative estimate of drug-likeness (QED) is 0.255. The minimum Gasteiger partial charge on any atom is -0.479 e. The van der Waals surface area contributed by atoms with Gasteiger partial charge in [0, 0.05) is 5.92 Å². The Bertz CT molecular complexity index is 319. The lowest BCUT2D eigenvalue weighted by molar-refractivity contribution is -0.156. The van der Waals surface area contributed by atoms with Gasteiger partial charge in [0.2, 0.25) is 5.67 Å². The molecule has 0 heterocycles. The average Bonchev–Trinajstić information content (AvgIpc) is 2.60. The molecule has 0 bridgehead atoms. The predicted octanol–water partition coefficient (Wildman–Crippen LogP) is 7.70. The van der Waals surface area contributed by atoms with Gasteiger partial charge in [-0.25, -0.2) is 9.18 Å². The Morgan fingerprint density at radius 1 is 0.800 bits per heavy atom. The standard InChI is InChI=1S/C22H43FO2/c1-4-7-9-10-11-12-13-14-15-17-19-22(23,21(24)25)20(6-3)18-16-8-5-2/h20H,4-19H2,1-3H3,(H,24,25). The number of halogens is 1. The lowest BCUT2D eigenvalue weighted by Crippen LogP contribution is -2.41. The van der Waals surface area contributed by atoms with Gasteiger partial charge >= 0.3 is 5.97 Å². The van der Waals surface area contributed by atoms with Crippen LogP contribution in [-0.2, 0) is 4.79 Å². The van der Waals surface area contributed by atoms with Crippen LogP contribution in [0.15, 0.2) is 0 Å². The molecule has 0 fully saturated rings. The molecule has 0 spiro atoms. The zero-order valence-electron chi connectivity index (χ0n) is 17.1. The summed E-state index contributed by atoms with van der Waals surface area (Å²) >= 11 is 0. The van der Waals surface area contributed by atoms with Crippen LogP contribution in [0.4, 0.5) is 4.39 Å². The van der Waals surface area contributed by atoms with E-state index in [4.69, 9.17) is 0 Å². The molecule has 0 rings (SSSR count). The van der Waals surface area contributed by atoms with Crippen molar-refractivity contribution in [2.75, 3.05) is 0 Å². The van der Waals surface area contributed by atoms with Gasteiger partial charge in [-0.15, -0.1) is 0 Å². The third-order valence-electron chi connectivity index (χ3n) is 5.55. The maximum absolute atomic E-state index is 15.2. The zero-order chi connectivity index (χ0) is 19.0. The van der Waals surface area contributed by atoms with Crippen LogP contribution in [-0.4, -0.2) is 16.7 Å². The summed E-state index contributed by atoms with van der Waals surface area (Å²) in [6.45, 7) is 6.27. The molecule has 0 saturated carbocycles. The highest BCUT2D eigenvalue weighted by molar-refractivity contribution is 5.77. The fraction of sp³-hybridized carbons (Fsp3) is 0.955. The third-order valence-corrected chi connectivity index (χ3v) is 5.55. The Hall–Kier alpha value is -0.600. The summed E-state index contributed by atoms with van der Waals surface area (Å²) in [4.78, 5) is 11.6. The van der Waals surface area contributed by atoms with Gasteiger partial charge in [0.05, 0.1) is 0 Å². The molecule has 2 nitrogen and oxygen atoms in total. The highest BCUT2D eigenvalue weighted by atomic mass is 19.1. The number of carboxylic acids is 1. The van der Waals surface area contributed by atoms with E-state index in [0.29, 0.717) is 19.3 Å². The predicted molar refractivity (Wildman–Crippen MR) is 106 cm³/mol. The molecule has 25 heavy (non-hydrogen) atoms. The van der Waals surface area contributed by atoms with Crippen molar-refractivity contribution in [2.45, 2.75) is 129 Å². The lowest BCUT2D eigenvalue weighted by atomic mass is 9.79. The SMILES string of the molecule is CCCCCCCCCCCCC(F)(C(=O)O)C(CC)CCCCC. The molecule has 0 saturated heterocycles. The van der Waals surface area contributed by atoms with Crippen LogP contribution < -0.4 is 0 Å². The van der Waals surface area contributed by atoms with Crippen molar-refractivity contribution in [3.05, 3.63) is 0 Å². The number of alkyl halides is 1. The third kappa shape index (κ3) is 10.9. The molecule has 0 aliphatic rings. The average molecular weight is 359 g/mol. The van der Waals surface area contributed by atoms with Gasteiger partial charge in [0.1, 0.15) is 0 Å². The number of hydrogen-bond donors (Lipinski definition) is 1. The Balaban J connectivity index is 4.03. The second-order valence-corrected chi connectivity index (χ2v) is 7.70. The van der Waals surface area contributed by atoms with Crippen molar-refractivity contribution in [2.24, 2.45) is 5.92 Å². The summed E-state index contributed by atoms with van der Waals surface area (Å²) in [6.07, 6.45) is 16.4. The summed E-state index contributed by atoms with van der Waals surface area (Å²) in [5, 5.41) is 9.46. The first kappa shape index (κ1) is 24.4. The molecule has 2 unspecified atom stereocenters. The summed E-state index contributed by atoms with van der Waals surface area (Å²) in [7, 11) is 0. The second-order valence-electron chi connectivity index (χ2n) is 7.70. The first-order valence-electron chi connectivity index (χ1n) is 10.9. The van der Waals surface area contributed by atoms with E-state index in [1.165, 1.54) is 44.9 Å². The zero-order valence-corrected chi connectivity index (χ0v) is 17.1. The second kappa shape index (κ2) is 15.6. The Kier molecular flexibility index (Phi) is 15.3. The summed E-state index contributed by atoms with van der Waals surface area (Å²) in [6, 6.07) is 0. The summed E-state index contributed by atoms with van der Waals surface area (Å²) < 4.78 is 15.2.